The first kappa shape index (κ1) is 28.3. The summed E-state index contributed by atoms with van der Waals surface area (Å²) in [5.74, 6) is -1.94. The Balaban J connectivity index is 1.39. The topological polar surface area (TPSA) is 125 Å². The number of imide groups is 2. The van der Waals surface area contributed by atoms with Gasteiger partial charge in [0.15, 0.2) is 0 Å². The lowest BCUT2D eigenvalue weighted by Gasteiger charge is -2.27. The molecule has 1 atom stereocenters. The molecule has 1 unspecified atom stereocenters. The lowest BCUT2D eigenvalue weighted by molar-refractivity contribution is -0.136. The number of carbonyl (C=O) groups excluding carboxylic acids is 5. The first-order chi connectivity index (χ1) is 17.5. The van der Waals surface area contributed by atoms with Gasteiger partial charge in [-0.05, 0) is 77.6 Å². The molecule has 2 aliphatic rings. The molecule has 2 aliphatic heterocycles. The smallest absolute Gasteiger partial charge is 0.410 e. The zero-order chi connectivity index (χ0) is 27.2. The van der Waals surface area contributed by atoms with Crippen LogP contribution in [0.3, 0.4) is 0 Å². The highest BCUT2D eigenvalue weighted by Gasteiger charge is 2.45. The Morgan fingerprint density at radius 2 is 1.81 bits per heavy atom. The molecular formula is C27H38N4O6. The number of carbonyl (C=O) groups is 5. The highest BCUT2D eigenvalue weighted by atomic mass is 16.6. The third-order valence-corrected chi connectivity index (χ3v) is 6.41. The van der Waals surface area contributed by atoms with Crippen molar-refractivity contribution in [3.05, 3.63) is 34.9 Å². The van der Waals surface area contributed by atoms with Crippen LogP contribution in [-0.2, 0) is 20.7 Å². The number of piperidine rings is 1. The lowest BCUT2D eigenvalue weighted by Crippen LogP contribution is -2.54. The van der Waals surface area contributed by atoms with Crippen LogP contribution in [0.4, 0.5) is 4.79 Å². The zero-order valence-electron chi connectivity index (χ0n) is 22.2. The fraction of sp³-hybridized carbons (Fsp3) is 0.593. The molecule has 1 aromatic rings. The maximum absolute atomic E-state index is 13.1. The number of fused-ring (bicyclic) bond motifs is 1. The molecule has 1 aromatic carbocycles. The van der Waals surface area contributed by atoms with Crippen molar-refractivity contribution in [2.24, 2.45) is 0 Å². The van der Waals surface area contributed by atoms with Gasteiger partial charge in [-0.15, -0.1) is 0 Å². The van der Waals surface area contributed by atoms with Crippen LogP contribution in [0.5, 0.6) is 0 Å². The van der Waals surface area contributed by atoms with E-state index in [4.69, 9.17) is 4.74 Å². The first-order valence-electron chi connectivity index (χ1n) is 13.0. The van der Waals surface area contributed by atoms with E-state index in [1.165, 1.54) is 0 Å². The number of ether oxygens (including phenoxy) is 1. The summed E-state index contributed by atoms with van der Waals surface area (Å²) in [6, 6.07) is 4.26. The highest BCUT2D eigenvalue weighted by molar-refractivity contribution is 6.24. The normalized spacial score (nSPS) is 17.6. The van der Waals surface area contributed by atoms with Crippen molar-refractivity contribution in [1.82, 2.24) is 20.4 Å². The number of hydrogen-bond acceptors (Lipinski definition) is 7. The zero-order valence-corrected chi connectivity index (χ0v) is 22.2. The van der Waals surface area contributed by atoms with E-state index in [-0.39, 0.29) is 24.8 Å². The second-order valence-electron chi connectivity index (χ2n) is 10.6. The molecular weight excluding hydrogens is 476 g/mol. The predicted molar refractivity (Wildman–Crippen MR) is 137 cm³/mol. The molecule has 5 amide bonds. The predicted octanol–water partition coefficient (Wildman–Crippen LogP) is 2.65. The Bertz CT molecular complexity index is 1050. The SMILES string of the molecule is CN(CCCCCNCCCc1cccc2c1C(=O)N(C1CCC(=O)NC1=O)C2=O)C(=O)OC(C)(C)C. The average Bonchev–Trinajstić information content (AvgIpc) is 3.07. The van der Waals surface area contributed by atoms with E-state index in [0.717, 1.165) is 49.2 Å². The van der Waals surface area contributed by atoms with Gasteiger partial charge in [-0.25, -0.2) is 4.79 Å². The summed E-state index contributed by atoms with van der Waals surface area (Å²) in [5, 5.41) is 5.62. The van der Waals surface area contributed by atoms with E-state index in [1.807, 2.05) is 26.8 Å². The molecule has 0 bridgehead atoms. The van der Waals surface area contributed by atoms with Gasteiger partial charge in [0.1, 0.15) is 11.6 Å². The molecule has 0 radical (unpaired) electrons. The minimum Gasteiger partial charge on any atom is -0.444 e. The summed E-state index contributed by atoms with van der Waals surface area (Å²) >= 11 is 0. The van der Waals surface area contributed by atoms with Crippen LogP contribution >= 0.6 is 0 Å². The Hall–Kier alpha value is -3.27. The number of rotatable bonds is 11. The molecule has 0 aromatic heterocycles. The first-order valence-corrected chi connectivity index (χ1v) is 13.0. The number of nitrogens with one attached hydrogen (secondary N) is 2. The fourth-order valence-corrected chi connectivity index (χ4v) is 4.53. The quantitative estimate of drug-likeness (QED) is 0.344. The van der Waals surface area contributed by atoms with E-state index >= 15 is 0 Å². The number of unbranched alkanes of at least 4 members (excludes halogenated alkanes) is 2. The maximum atomic E-state index is 13.1. The van der Waals surface area contributed by atoms with Gasteiger partial charge in [-0.3, -0.25) is 29.4 Å². The minimum atomic E-state index is -0.955. The minimum absolute atomic E-state index is 0.1000. The number of hydrogen-bond donors (Lipinski definition) is 2. The van der Waals surface area contributed by atoms with Gasteiger partial charge in [0.2, 0.25) is 11.8 Å². The third-order valence-electron chi connectivity index (χ3n) is 6.41. The second kappa shape index (κ2) is 12.3. The van der Waals surface area contributed by atoms with Gasteiger partial charge in [0, 0.05) is 20.0 Å². The van der Waals surface area contributed by atoms with Crippen LogP contribution in [0.2, 0.25) is 0 Å². The summed E-state index contributed by atoms with van der Waals surface area (Å²) in [4.78, 5) is 64.4. The van der Waals surface area contributed by atoms with E-state index in [9.17, 15) is 24.0 Å². The molecule has 10 nitrogen and oxygen atoms in total. The van der Waals surface area contributed by atoms with Gasteiger partial charge in [0.05, 0.1) is 11.1 Å². The Labute approximate surface area is 218 Å². The Kier molecular flexibility index (Phi) is 9.42. The van der Waals surface area contributed by atoms with Gasteiger partial charge < -0.3 is 15.0 Å². The van der Waals surface area contributed by atoms with E-state index in [2.05, 4.69) is 10.6 Å². The molecule has 37 heavy (non-hydrogen) atoms. The van der Waals surface area contributed by atoms with Gasteiger partial charge in [0.25, 0.3) is 11.8 Å². The third kappa shape index (κ3) is 7.38. The monoisotopic (exact) mass is 514 g/mol. The van der Waals surface area contributed by atoms with Crippen LogP contribution in [0, 0.1) is 0 Å². The van der Waals surface area contributed by atoms with Crippen molar-refractivity contribution in [3.8, 4) is 0 Å². The summed E-state index contributed by atoms with van der Waals surface area (Å²) < 4.78 is 5.35. The largest absolute Gasteiger partial charge is 0.444 e. The van der Waals surface area contributed by atoms with Gasteiger partial charge in [-0.1, -0.05) is 18.6 Å². The molecule has 2 N–H and O–H groups in total. The van der Waals surface area contributed by atoms with E-state index in [0.29, 0.717) is 24.1 Å². The molecule has 10 heteroatoms. The van der Waals surface area contributed by atoms with Crippen LogP contribution < -0.4 is 10.6 Å². The fourth-order valence-electron chi connectivity index (χ4n) is 4.53. The van der Waals surface area contributed by atoms with Gasteiger partial charge in [-0.2, -0.15) is 0 Å². The number of aryl methyl sites for hydroxylation is 1. The molecule has 0 aliphatic carbocycles. The standard InChI is InChI=1S/C27H38N4O6/c1-27(2,3)37-26(36)30(4)17-7-5-6-15-28-16-9-11-18-10-8-12-19-22(18)25(35)31(24(19)34)20-13-14-21(32)29-23(20)33/h8,10,12,20,28H,5-7,9,11,13-17H2,1-4H3,(H,29,32,33). The maximum Gasteiger partial charge on any atom is 0.410 e. The van der Waals surface area contributed by atoms with Crippen molar-refractivity contribution in [2.75, 3.05) is 26.7 Å². The molecule has 0 saturated carbocycles. The molecule has 2 heterocycles. The van der Waals surface area contributed by atoms with Crippen LogP contribution in [0.1, 0.15) is 85.6 Å². The molecule has 0 spiro atoms. The molecule has 1 saturated heterocycles. The summed E-state index contributed by atoms with van der Waals surface area (Å²) in [7, 11) is 1.75. The summed E-state index contributed by atoms with van der Waals surface area (Å²) in [6.07, 6.45) is 4.22. The molecule has 1 fully saturated rings. The van der Waals surface area contributed by atoms with Crippen molar-refractivity contribution in [2.45, 2.75) is 77.4 Å². The average molecular weight is 515 g/mol. The summed E-state index contributed by atoms with van der Waals surface area (Å²) in [6.45, 7) is 7.82. The number of benzene rings is 1. The lowest BCUT2D eigenvalue weighted by atomic mass is 9.99. The highest BCUT2D eigenvalue weighted by Crippen LogP contribution is 2.30. The molecule has 202 valence electrons. The van der Waals surface area contributed by atoms with Crippen LogP contribution in [-0.4, -0.2) is 77.8 Å². The Morgan fingerprint density at radius 1 is 1.08 bits per heavy atom. The van der Waals surface area contributed by atoms with E-state index in [1.54, 1.807) is 24.1 Å². The van der Waals surface area contributed by atoms with Crippen molar-refractivity contribution in [1.29, 1.82) is 0 Å². The number of amides is 5. The second-order valence-corrected chi connectivity index (χ2v) is 10.6. The van der Waals surface area contributed by atoms with Gasteiger partial charge >= 0.3 is 6.09 Å². The summed E-state index contributed by atoms with van der Waals surface area (Å²) in [5.41, 5.74) is 0.977. The van der Waals surface area contributed by atoms with Crippen LogP contribution in [0.25, 0.3) is 0 Å². The van der Waals surface area contributed by atoms with Crippen molar-refractivity contribution in [3.63, 3.8) is 0 Å². The van der Waals surface area contributed by atoms with Crippen molar-refractivity contribution < 1.29 is 28.7 Å². The molecule has 3 rings (SSSR count). The Morgan fingerprint density at radius 3 is 2.51 bits per heavy atom. The van der Waals surface area contributed by atoms with Crippen LogP contribution in [0.15, 0.2) is 18.2 Å². The number of nitrogens with zero attached hydrogens (tertiary/aromatic N) is 2. The van der Waals surface area contributed by atoms with Crippen molar-refractivity contribution >= 4 is 29.7 Å². The van der Waals surface area contributed by atoms with E-state index < -0.39 is 29.4 Å².